The highest BCUT2D eigenvalue weighted by Crippen LogP contribution is 2.34. The van der Waals surface area contributed by atoms with E-state index in [1.807, 2.05) is 0 Å². The van der Waals surface area contributed by atoms with Gasteiger partial charge in [-0.05, 0) is 53.4 Å². The molecule has 0 saturated carbocycles. The van der Waals surface area contributed by atoms with Gasteiger partial charge in [-0.1, -0.05) is 164 Å². The van der Waals surface area contributed by atoms with Gasteiger partial charge in [0.2, 0.25) is 0 Å². The monoisotopic (exact) mass is 723 g/mol. The number of unbranched alkanes of at least 4 members (excludes halogenated alkanes) is 18. The van der Waals surface area contributed by atoms with Gasteiger partial charge in [0, 0.05) is 49.0 Å². The quantitative estimate of drug-likeness (QED) is 0.0357. The first-order chi connectivity index (χ1) is 22.7. The third kappa shape index (κ3) is 29.9. The summed E-state index contributed by atoms with van der Waals surface area (Å²) in [6.07, 6.45) is 33.0. The highest BCUT2D eigenvalue weighted by atomic mass is 33.1. The summed E-state index contributed by atoms with van der Waals surface area (Å²) < 4.78 is 24.9. The number of rotatable bonds is 39. The second-order valence-corrected chi connectivity index (χ2v) is 20.6. The van der Waals surface area contributed by atoms with E-state index in [0.29, 0.717) is 11.1 Å². The maximum absolute atomic E-state index is 6.23. The highest BCUT2D eigenvalue weighted by molar-refractivity contribution is 8.76. The maximum atomic E-state index is 6.23. The predicted octanol–water partition coefficient (Wildman–Crippen LogP) is 13.1. The van der Waals surface area contributed by atoms with E-state index in [1.54, 1.807) is 0 Å². The van der Waals surface area contributed by atoms with Crippen LogP contribution in [-0.4, -0.2) is 56.5 Å². The van der Waals surface area contributed by atoms with Crippen molar-refractivity contribution in [2.45, 2.75) is 207 Å². The molecule has 0 rings (SSSR count). The Kier molecular flexibility index (Phi) is 39.6. The third-order valence-electron chi connectivity index (χ3n) is 9.18. The molecule has 278 valence electrons. The molecule has 0 aromatic rings. The summed E-state index contributed by atoms with van der Waals surface area (Å²) >= 11 is 0. The number of hydrogen-bond donors (Lipinski definition) is 0. The zero-order valence-corrected chi connectivity index (χ0v) is 35.9. The first kappa shape index (κ1) is 47.0. The van der Waals surface area contributed by atoms with Crippen LogP contribution < -0.4 is 0 Å². The largest absolute Gasteiger partial charge is 0.397 e. The lowest BCUT2D eigenvalue weighted by atomic mass is 10.0. The molecule has 0 aliphatic rings. The Hall–Kier alpha value is 0.974. The molecule has 46 heavy (non-hydrogen) atoms. The lowest BCUT2D eigenvalue weighted by Crippen LogP contribution is -2.30. The molecule has 0 radical (unpaired) electrons. The summed E-state index contributed by atoms with van der Waals surface area (Å²) in [7, 11) is 0.927. The van der Waals surface area contributed by atoms with Crippen LogP contribution in [0.15, 0.2) is 0 Å². The van der Waals surface area contributed by atoms with Gasteiger partial charge in [0.25, 0.3) is 0 Å². The van der Waals surface area contributed by atoms with Crippen LogP contribution in [-0.2, 0) is 17.7 Å². The molecular weight excluding hydrogens is 641 g/mol. The van der Waals surface area contributed by atoms with Crippen LogP contribution in [0, 0.1) is 0 Å². The topological polar surface area (TPSA) is 36.9 Å². The van der Waals surface area contributed by atoms with Gasteiger partial charge in [-0.15, -0.1) is 0 Å². The van der Waals surface area contributed by atoms with Gasteiger partial charge in [0.1, 0.15) is 0 Å². The van der Waals surface area contributed by atoms with Crippen molar-refractivity contribution in [3.63, 3.8) is 0 Å². The van der Waals surface area contributed by atoms with Gasteiger partial charge in [-0.3, -0.25) is 0 Å². The van der Waals surface area contributed by atoms with Gasteiger partial charge in [0.15, 0.2) is 0 Å². The molecule has 0 heterocycles. The van der Waals surface area contributed by atoms with Crippen LogP contribution >= 0.6 is 21.6 Å². The summed E-state index contributed by atoms with van der Waals surface area (Å²) in [6.45, 7) is 16.3. The zero-order valence-electron chi connectivity index (χ0n) is 32.0. The molecule has 4 nitrogen and oxygen atoms in total. The standard InChI is InChI=1S/C38H82O4S2Si2/c1-7-13-15-17-19-21-23-25-27-29-31-37(45(39-9-3)40-10-4)33-35-43-44-36-34-38(46(41-11-5)42-12-6)32-30-28-26-24-22-20-18-16-14-8-2/h37-38,45-46H,7-36H2,1-6H3. The van der Waals surface area contributed by atoms with E-state index in [2.05, 4.69) is 63.1 Å². The van der Waals surface area contributed by atoms with Crippen molar-refractivity contribution in [3.05, 3.63) is 0 Å². The molecule has 0 N–H and O–H groups in total. The van der Waals surface area contributed by atoms with Gasteiger partial charge < -0.3 is 17.7 Å². The van der Waals surface area contributed by atoms with E-state index >= 15 is 0 Å². The molecule has 0 aliphatic carbocycles. The summed E-state index contributed by atoms with van der Waals surface area (Å²) in [4.78, 5) is 0. The smallest absolute Gasteiger partial charge is 0.324 e. The molecule has 0 fully saturated rings. The minimum absolute atomic E-state index is 0.638. The molecule has 0 aromatic heterocycles. The Bertz CT molecular complexity index is 519. The highest BCUT2D eigenvalue weighted by Gasteiger charge is 2.27. The van der Waals surface area contributed by atoms with Crippen molar-refractivity contribution in [3.8, 4) is 0 Å². The fourth-order valence-corrected chi connectivity index (χ4v) is 13.7. The van der Waals surface area contributed by atoms with E-state index in [4.69, 9.17) is 17.7 Å². The first-order valence-corrected chi connectivity index (χ1v) is 26.1. The van der Waals surface area contributed by atoms with Gasteiger partial charge in [0.05, 0.1) is 0 Å². The number of hydrogen-bond acceptors (Lipinski definition) is 6. The van der Waals surface area contributed by atoms with E-state index in [1.165, 1.54) is 166 Å². The maximum Gasteiger partial charge on any atom is 0.324 e. The summed E-state index contributed by atoms with van der Waals surface area (Å²) in [6, 6.07) is 0. The predicted molar refractivity (Wildman–Crippen MR) is 215 cm³/mol. The minimum Gasteiger partial charge on any atom is -0.397 e. The van der Waals surface area contributed by atoms with Gasteiger partial charge in [-0.25, -0.2) is 0 Å². The van der Waals surface area contributed by atoms with Gasteiger partial charge in [-0.2, -0.15) is 0 Å². The SMILES string of the molecule is CCCCCCCCCCCCC(CCSSCCC(CCCCCCCCCCCC)[SiH](OCC)OCC)[SiH](OCC)OCC. The van der Waals surface area contributed by atoms with Crippen LogP contribution in [0.5, 0.6) is 0 Å². The van der Waals surface area contributed by atoms with Crippen LogP contribution in [0.3, 0.4) is 0 Å². The Morgan fingerprint density at radius 3 is 0.870 bits per heavy atom. The summed E-state index contributed by atoms with van der Waals surface area (Å²) in [5.41, 5.74) is 1.28. The Labute approximate surface area is 301 Å². The Morgan fingerprint density at radius 2 is 0.609 bits per heavy atom. The van der Waals surface area contributed by atoms with E-state index in [9.17, 15) is 0 Å². The van der Waals surface area contributed by atoms with Crippen molar-refractivity contribution in [2.75, 3.05) is 37.9 Å². The van der Waals surface area contributed by atoms with E-state index in [0.717, 1.165) is 26.4 Å². The molecule has 2 atom stereocenters. The lowest BCUT2D eigenvalue weighted by molar-refractivity contribution is 0.200. The second-order valence-electron chi connectivity index (χ2n) is 13.2. The fraction of sp³-hybridized carbons (Fsp3) is 1.00. The van der Waals surface area contributed by atoms with Crippen LogP contribution in [0.4, 0.5) is 0 Å². The average Bonchev–Trinajstić information content (AvgIpc) is 3.05. The molecular formula is C38H82O4S2Si2. The molecule has 0 aromatic carbocycles. The van der Waals surface area contributed by atoms with Gasteiger partial charge >= 0.3 is 18.6 Å². The van der Waals surface area contributed by atoms with Crippen LogP contribution in [0.1, 0.15) is 196 Å². The molecule has 0 amide bonds. The Balaban J connectivity index is 4.50. The van der Waals surface area contributed by atoms with E-state index in [-0.39, 0.29) is 0 Å². The van der Waals surface area contributed by atoms with Crippen molar-refractivity contribution in [1.82, 2.24) is 0 Å². The zero-order chi connectivity index (χ0) is 33.8. The molecule has 8 heteroatoms. The lowest BCUT2D eigenvalue weighted by Gasteiger charge is -2.25. The molecule has 0 spiro atoms. The van der Waals surface area contributed by atoms with Crippen molar-refractivity contribution in [2.24, 2.45) is 0 Å². The fourth-order valence-electron chi connectivity index (χ4n) is 6.44. The van der Waals surface area contributed by atoms with E-state index < -0.39 is 18.6 Å². The average molecular weight is 723 g/mol. The normalized spacial score (nSPS) is 13.3. The summed E-state index contributed by atoms with van der Waals surface area (Å²) in [5, 5.41) is 0. The van der Waals surface area contributed by atoms with Crippen molar-refractivity contribution < 1.29 is 17.7 Å². The third-order valence-corrected chi connectivity index (χ3v) is 17.2. The van der Waals surface area contributed by atoms with Crippen molar-refractivity contribution in [1.29, 1.82) is 0 Å². The molecule has 0 bridgehead atoms. The first-order valence-electron chi connectivity index (χ1n) is 20.4. The van der Waals surface area contributed by atoms with Crippen LogP contribution in [0.25, 0.3) is 0 Å². The van der Waals surface area contributed by atoms with Crippen molar-refractivity contribution >= 4 is 40.2 Å². The minimum atomic E-state index is -1.62. The Morgan fingerprint density at radius 1 is 0.348 bits per heavy atom. The molecule has 0 saturated heterocycles. The summed E-state index contributed by atoms with van der Waals surface area (Å²) in [5.74, 6) is 2.41. The molecule has 0 aliphatic heterocycles. The van der Waals surface area contributed by atoms with Crippen LogP contribution in [0.2, 0.25) is 11.1 Å². The molecule has 2 unspecified atom stereocenters. The second kappa shape index (κ2) is 38.8.